The van der Waals surface area contributed by atoms with Gasteiger partial charge in [-0.3, -0.25) is 33.6 Å². The number of ether oxygens (including phenoxy) is 2. The second-order valence-corrected chi connectivity index (χ2v) is 25.0. The number of pyridine rings is 1. The van der Waals surface area contributed by atoms with E-state index in [9.17, 15) is 38.4 Å². The molecule has 0 unspecified atom stereocenters. The van der Waals surface area contributed by atoms with Crippen LogP contribution >= 0.6 is 68.0 Å². The predicted octanol–water partition coefficient (Wildman–Crippen LogP) is 8.00. The van der Waals surface area contributed by atoms with Crippen molar-refractivity contribution in [2.24, 2.45) is 11.7 Å². The van der Waals surface area contributed by atoms with Crippen molar-refractivity contribution in [1.29, 1.82) is 0 Å². The van der Waals surface area contributed by atoms with Crippen LogP contribution in [0.5, 0.6) is 0 Å². The highest BCUT2D eigenvalue weighted by Gasteiger charge is 2.35. The minimum Gasteiger partial charge on any atom is -0.481 e. The van der Waals surface area contributed by atoms with Crippen molar-refractivity contribution in [1.82, 2.24) is 61.5 Å². The normalized spacial score (nSPS) is 16.1. The van der Waals surface area contributed by atoms with Gasteiger partial charge in [-0.1, -0.05) is 44.2 Å². The summed E-state index contributed by atoms with van der Waals surface area (Å²) in [5.41, 5.74) is 8.08. The molecule has 0 aliphatic carbocycles. The second-order valence-electron chi connectivity index (χ2n) is 19.2. The van der Waals surface area contributed by atoms with E-state index in [1.807, 2.05) is 13.8 Å². The number of carbonyl (C=O) groups is 8. The molecule has 1 aliphatic heterocycles. The molecule has 8 heterocycles. The SMILES string of the molecule is CNC(=O)C[C@@H]1NC(=O)c2csc(n2)-c2ccc(-c3nc(NC(=O)CCCCC(=O)O)cs3)nc2-c2csc(n2)-c2csc(n2)[C@H]([C@@H](OC(N)=O)c2ccccc2)NC(=O)CNC(=O)c2nc(sc2COC)[C@H](C(C)C)NC(=O)c2nc1sc2C. The van der Waals surface area contributed by atoms with Crippen molar-refractivity contribution in [3.8, 4) is 43.4 Å². The fourth-order valence-electron chi connectivity index (χ4n) is 8.65. The third-order valence-corrected chi connectivity index (χ3v) is 18.5. The number of amides is 7. The number of primary amides is 1. The van der Waals surface area contributed by atoms with Crippen LogP contribution in [0.2, 0.25) is 0 Å². The lowest BCUT2D eigenvalue weighted by molar-refractivity contribution is -0.137. The summed E-state index contributed by atoms with van der Waals surface area (Å²) < 4.78 is 11.2. The lowest BCUT2D eigenvalue weighted by Gasteiger charge is -2.26. The molecular weight excluding hydrogens is 1210 g/mol. The number of carboxylic acid groups (broad SMARTS) is 1. The Morgan fingerprint density at radius 1 is 0.694 bits per heavy atom. The molecule has 31 heteroatoms. The number of nitrogens with zero attached hydrogens (tertiary/aromatic N) is 7. The Hall–Kier alpha value is -8.33. The molecule has 0 spiro atoms. The van der Waals surface area contributed by atoms with E-state index >= 15 is 0 Å². The van der Waals surface area contributed by atoms with Crippen molar-refractivity contribution in [2.75, 3.05) is 26.0 Å². The average molecular weight is 1270 g/mol. The van der Waals surface area contributed by atoms with Gasteiger partial charge in [-0.25, -0.2) is 39.7 Å². The predicted molar refractivity (Wildman–Crippen MR) is 320 cm³/mol. The van der Waals surface area contributed by atoms with E-state index < -0.39 is 72.4 Å². The maximum atomic E-state index is 14.3. The number of anilines is 1. The fourth-order valence-corrected chi connectivity index (χ4v) is 14.1. The number of nitrogens with two attached hydrogens (primary N) is 1. The summed E-state index contributed by atoms with van der Waals surface area (Å²) in [5, 5.41) is 34.7. The van der Waals surface area contributed by atoms with Crippen LogP contribution in [0.3, 0.4) is 0 Å². The number of hydrogen-bond acceptors (Lipinski definition) is 23. The topological polar surface area (TPSA) is 364 Å². The van der Waals surface area contributed by atoms with Gasteiger partial charge in [0.15, 0.2) is 6.10 Å². The van der Waals surface area contributed by atoms with Crippen LogP contribution in [0.25, 0.3) is 43.4 Å². The molecule has 0 radical (unpaired) electrons. The number of carboxylic acids is 1. The highest BCUT2D eigenvalue weighted by Crippen LogP contribution is 2.41. The number of hydrogen-bond donors (Lipinski definition) is 8. The summed E-state index contributed by atoms with van der Waals surface area (Å²) >= 11 is 7.01. The molecule has 0 fully saturated rings. The highest BCUT2D eigenvalue weighted by molar-refractivity contribution is 7.15. The first-order valence-corrected chi connectivity index (χ1v) is 31.2. The molecule has 85 heavy (non-hydrogen) atoms. The largest absolute Gasteiger partial charge is 0.481 e. The molecule has 25 nitrogen and oxygen atoms in total. The first-order valence-electron chi connectivity index (χ1n) is 26.1. The fraction of sp³-hybridized carbons (Fsp3) is 0.315. The summed E-state index contributed by atoms with van der Waals surface area (Å²) in [5.74, 6) is -4.30. The Morgan fingerprint density at radius 2 is 1.40 bits per heavy atom. The molecule has 0 saturated carbocycles. The van der Waals surface area contributed by atoms with Gasteiger partial charge >= 0.3 is 12.1 Å². The zero-order valence-electron chi connectivity index (χ0n) is 45.9. The molecule has 1 aliphatic rings. The van der Waals surface area contributed by atoms with Gasteiger partial charge < -0.3 is 52.2 Å². The second kappa shape index (κ2) is 27.6. The summed E-state index contributed by atoms with van der Waals surface area (Å²) in [6.07, 6.45) is -1.80. The molecule has 0 saturated heterocycles. The monoisotopic (exact) mass is 1270 g/mol. The molecule has 7 aromatic heterocycles. The molecule has 10 bridgehead atoms. The van der Waals surface area contributed by atoms with Gasteiger partial charge in [0.1, 0.15) is 76.1 Å². The maximum absolute atomic E-state index is 14.3. The minimum absolute atomic E-state index is 0.00394. The number of benzene rings is 1. The number of unbranched alkanes of at least 4 members (excludes halogenated alkanes) is 1. The number of thiazole rings is 6. The Balaban J connectivity index is 1.13. The first-order chi connectivity index (χ1) is 40.8. The lowest BCUT2D eigenvalue weighted by Crippen LogP contribution is -2.41. The van der Waals surface area contributed by atoms with Crippen molar-refractivity contribution < 1.29 is 52.9 Å². The number of fused-ring (bicyclic) bond motifs is 14. The molecule has 1 aromatic carbocycles. The van der Waals surface area contributed by atoms with Crippen LogP contribution in [0.4, 0.5) is 10.6 Å². The summed E-state index contributed by atoms with van der Waals surface area (Å²) in [7, 11) is 2.91. The quantitative estimate of drug-likeness (QED) is 0.0450. The van der Waals surface area contributed by atoms with Gasteiger partial charge in [-0.05, 0) is 43.4 Å². The van der Waals surface area contributed by atoms with Crippen LogP contribution in [0.15, 0.2) is 64.0 Å². The van der Waals surface area contributed by atoms with E-state index in [4.69, 9.17) is 40.2 Å². The molecule has 442 valence electrons. The van der Waals surface area contributed by atoms with Crippen LogP contribution in [0, 0.1) is 12.8 Å². The van der Waals surface area contributed by atoms with E-state index in [-0.39, 0.29) is 70.6 Å². The maximum Gasteiger partial charge on any atom is 0.405 e. The van der Waals surface area contributed by atoms with Gasteiger partial charge in [-0.2, -0.15) is 0 Å². The van der Waals surface area contributed by atoms with Gasteiger partial charge in [-0.15, -0.1) is 68.0 Å². The molecule has 8 aromatic rings. The number of aromatic nitrogens is 7. The Bertz CT molecular complexity index is 3800. The van der Waals surface area contributed by atoms with Crippen molar-refractivity contribution in [2.45, 2.75) is 83.7 Å². The van der Waals surface area contributed by atoms with Crippen molar-refractivity contribution in [3.63, 3.8) is 0 Å². The Labute approximate surface area is 508 Å². The third kappa shape index (κ3) is 15.0. The summed E-state index contributed by atoms with van der Waals surface area (Å²) in [6.45, 7) is 4.82. The first kappa shape index (κ1) is 61.2. The molecule has 9 rings (SSSR count). The Morgan fingerprint density at radius 3 is 2.14 bits per heavy atom. The zero-order valence-corrected chi connectivity index (χ0v) is 50.8. The summed E-state index contributed by atoms with van der Waals surface area (Å²) in [6, 6.07) is 9.15. The van der Waals surface area contributed by atoms with Gasteiger partial charge in [0.05, 0.1) is 42.2 Å². The number of nitrogens with one attached hydrogen (secondary N) is 6. The van der Waals surface area contributed by atoms with E-state index in [0.29, 0.717) is 76.5 Å². The smallest absolute Gasteiger partial charge is 0.405 e. The van der Waals surface area contributed by atoms with Gasteiger partial charge in [0, 0.05) is 59.0 Å². The van der Waals surface area contributed by atoms with E-state index in [0.717, 1.165) is 45.3 Å². The number of aliphatic carboxylic acids is 1. The van der Waals surface area contributed by atoms with Crippen LogP contribution in [-0.2, 0) is 35.3 Å². The van der Waals surface area contributed by atoms with Crippen LogP contribution < -0.4 is 37.6 Å². The minimum atomic E-state index is -1.21. The average Bonchev–Trinajstić information content (AvgIpc) is 2.76. The van der Waals surface area contributed by atoms with E-state index in [1.165, 1.54) is 36.8 Å². The van der Waals surface area contributed by atoms with Crippen molar-refractivity contribution >= 4 is 121 Å². The Kier molecular flexibility index (Phi) is 19.9. The molecule has 9 N–H and O–H groups in total. The lowest BCUT2D eigenvalue weighted by atomic mass is 10.0. The molecule has 4 atom stereocenters. The third-order valence-electron chi connectivity index (χ3n) is 12.8. The van der Waals surface area contributed by atoms with Crippen molar-refractivity contribution in [3.05, 3.63) is 111 Å². The van der Waals surface area contributed by atoms with Gasteiger partial charge in [0.2, 0.25) is 17.7 Å². The number of methoxy groups -OCH3 is 1. The number of carbonyl (C=O) groups excluding carboxylic acids is 7. The molecular formula is C54H54N14O11S6. The van der Waals surface area contributed by atoms with Gasteiger partial charge in [0.25, 0.3) is 17.7 Å². The van der Waals surface area contributed by atoms with Crippen LogP contribution in [-0.4, -0.2) is 108 Å². The summed E-state index contributed by atoms with van der Waals surface area (Å²) in [4.78, 5) is 141. The van der Waals surface area contributed by atoms with E-state index in [1.54, 1.807) is 70.9 Å². The molecule has 7 amide bonds. The number of aryl methyl sites for hydroxylation is 1. The zero-order chi connectivity index (χ0) is 60.5. The number of rotatable bonds is 15. The van der Waals surface area contributed by atoms with E-state index in [2.05, 4.69) is 46.9 Å². The standard InChI is InChI=1S/C54H54N14O11S6/c1-24(2)39-53-68-42(33(85-53)19-78-5)46(75)57-18-37(71)65-43(44(79-54(55)77)26-11-7-6-8-12-26)52-62-32(22-82-52)50-60-30(20-81-50)41-27(15-16-28(58-41)49-64-34(23-83-49)63-35(69)13-9-10-14-38(72)73)48-61-31(21-80-48)45(74)59-29(17-36(70)56-4)51-67-40(25(3)84-51)47(76)66-39/h6-8,11-12,15-16,20-24,29,39,43-44H,9-10,13-14,17-19H2,1-5H3,(H2,55,77)(H,56,70)(H,57,75)(H,59,74)(H,63,69)(H,65,71)(H,66,76)(H,72,73)/t29-,39-,43-,44-/m0/s1. The van der Waals surface area contributed by atoms with Crippen LogP contribution in [0.1, 0.15) is 132 Å². The highest BCUT2D eigenvalue weighted by atomic mass is 32.1.